The lowest BCUT2D eigenvalue weighted by Gasteiger charge is -2.18. The fourth-order valence-corrected chi connectivity index (χ4v) is 3.28. The van der Waals surface area contributed by atoms with Gasteiger partial charge in [-0.25, -0.2) is 0 Å². The number of hydrogen-bond donors (Lipinski definition) is 1. The van der Waals surface area contributed by atoms with Crippen LogP contribution < -0.4 is 0 Å². The topological polar surface area (TPSA) is 19.0 Å². The molecule has 0 saturated carbocycles. The van der Waals surface area contributed by atoms with E-state index in [0.29, 0.717) is 0 Å². The summed E-state index contributed by atoms with van der Waals surface area (Å²) in [6.45, 7) is 3.55. The molecule has 1 aliphatic rings. The van der Waals surface area contributed by atoms with Crippen LogP contribution in [-0.4, -0.2) is 23.0 Å². The highest BCUT2D eigenvalue weighted by Gasteiger charge is 2.11. The number of likely N-dealkylation sites (tertiary alicyclic amines) is 1. The average molecular weight is 307 g/mol. The molecule has 0 amide bonds. The minimum Gasteiger partial charge on any atom is -0.357 e. The van der Waals surface area contributed by atoms with Crippen LogP contribution in [0.4, 0.5) is 0 Å². The van der Waals surface area contributed by atoms with E-state index in [1.807, 2.05) is 0 Å². The Balaban J connectivity index is 1.79. The summed E-state index contributed by atoms with van der Waals surface area (Å²) in [5.74, 6) is 0. The molecule has 96 valence electrons. The molecule has 2 heterocycles. The molecule has 1 aliphatic heterocycles. The third-order valence-corrected chi connectivity index (χ3v) is 4.45. The summed E-state index contributed by atoms with van der Waals surface area (Å²) in [5, 5.41) is 1.29. The highest BCUT2D eigenvalue weighted by Crippen LogP contribution is 2.25. The van der Waals surface area contributed by atoms with Crippen LogP contribution in [0.5, 0.6) is 0 Å². The van der Waals surface area contributed by atoms with E-state index in [1.54, 1.807) is 0 Å². The predicted octanol–water partition coefficient (Wildman–Crippen LogP) is 4.31. The van der Waals surface area contributed by atoms with E-state index >= 15 is 0 Å². The van der Waals surface area contributed by atoms with Crippen LogP contribution in [0, 0.1) is 0 Å². The molecule has 0 radical (unpaired) electrons. The Morgan fingerprint density at radius 1 is 1.11 bits per heavy atom. The van der Waals surface area contributed by atoms with Gasteiger partial charge in [0, 0.05) is 27.6 Å². The SMILES string of the molecule is Brc1cccc2[nH]c(CN3CCCCCC3)cc12. The first-order valence-electron chi connectivity index (χ1n) is 6.81. The lowest BCUT2D eigenvalue weighted by Crippen LogP contribution is -2.24. The summed E-state index contributed by atoms with van der Waals surface area (Å²) in [5.41, 5.74) is 2.56. The molecule has 2 nitrogen and oxygen atoms in total. The van der Waals surface area contributed by atoms with Crippen molar-refractivity contribution in [2.24, 2.45) is 0 Å². The number of fused-ring (bicyclic) bond motifs is 1. The number of hydrogen-bond acceptors (Lipinski definition) is 1. The largest absolute Gasteiger partial charge is 0.357 e. The summed E-state index contributed by atoms with van der Waals surface area (Å²) in [7, 11) is 0. The van der Waals surface area contributed by atoms with Crippen molar-refractivity contribution in [3.8, 4) is 0 Å². The second kappa shape index (κ2) is 5.45. The Morgan fingerprint density at radius 2 is 1.89 bits per heavy atom. The van der Waals surface area contributed by atoms with Gasteiger partial charge >= 0.3 is 0 Å². The number of aromatic amines is 1. The Kier molecular flexibility index (Phi) is 3.71. The number of rotatable bonds is 2. The molecule has 0 unspecified atom stereocenters. The van der Waals surface area contributed by atoms with Crippen LogP contribution in [0.25, 0.3) is 10.9 Å². The van der Waals surface area contributed by atoms with Crippen LogP contribution in [0.1, 0.15) is 31.4 Å². The maximum Gasteiger partial charge on any atom is 0.0467 e. The van der Waals surface area contributed by atoms with Gasteiger partial charge in [0.25, 0.3) is 0 Å². The summed E-state index contributed by atoms with van der Waals surface area (Å²) in [4.78, 5) is 6.11. The normalized spacial score (nSPS) is 18.1. The third-order valence-electron chi connectivity index (χ3n) is 3.76. The molecule has 2 aromatic rings. The van der Waals surface area contributed by atoms with Gasteiger partial charge in [0.15, 0.2) is 0 Å². The number of nitrogens with zero attached hydrogens (tertiary/aromatic N) is 1. The summed E-state index contributed by atoms with van der Waals surface area (Å²) in [6.07, 6.45) is 5.50. The number of benzene rings is 1. The van der Waals surface area contributed by atoms with Crippen molar-refractivity contribution in [3.05, 3.63) is 34.4 Å². The van der Waals surface area contributed by atoms with E-state index < -0.39 is 0 Å². The van der Waals surface area contributed by atoms with E-state index in [0.717, 1.165) is 6.54 Å². The molecule has 1 aromatic heterocycles. The van der Waals surface area contributed by atoms with Gasteiger partial charge in [-0.15, -0.1) is 0 Å². The number of H-pyrrole nitrogens is 1. The minimum atomic E-state index is 1.06. The molecule has 3 rings (SSSR count). The molecule has 1 N–H and O–H groups in total. The van der Waals surface area contributed by atoms with Crippen LogP contribution in [0.2, 0.25) is 0 Å². The van der Waals surface area contributed by atoms with Crippen molar-refractivity contribution in [2.45, 2.75) is 32.2 Å². The van der Waals surface area contributed by atoms with Gasteiger partial charge in [0.2, 0.25) is 0 Å². The fourth-order valence-electron chi connectivity index (χ4n) is 2.80. The molecule has 1 fully saturated rings. The van der Waals surface area contributed by atoms with Gasteiger partial charge in [-0.2, -0.15) is 0 Å². The van der Waals surface area contributed by atoms with Crippen molar-refractivity contribution in [3.63, 3.8) is 0 Å². The summed E-state index contributed by atoms with van der Waals surface area (Å²) < 4.78 is 1.18. The fraction of sp³-hybridized carbons (Fsp3) is 0.467. The standard InChI is InChI=1S/C15H19BrN2/c16-14-6-5-7-15-13(14)10-12(17-15)11-18-8-3-1-2-4-9-18/h5-7,10,17H,1-4,8-9,11H2. The molecule has 1 saturated heterocycles. The Labute approximate surface area is 116 Å². The van der Waals surface area contributed by atoms with Crippen molar-refractivity contribution >= 4 is 26.8 Å². The summed E-state index contributed by atoms with van der Waals surface area (Å²) in [6, 6.07) is 8.61. The van der Waals surface area contributed by atoms with Crippen molar-refractivity contribution in [1.29, 1.82) is 0 Å². The lowest BCUT2D eigenvalue weighted by molar-refractivity contribution is 0.274. The Morgan fingerprint density at radius 3 is 2.61 bits per heavy atom. The molecule has 0 aliphatic carbocycles. The quantitative estimate of drug-likeness (QED) is 0.876. The zero-order valence-electron chi connectivity index (χ0n) is 10.6. The zero-order valence-corrected chi connectivity index (χ0v) is 12.2. The van der Waals surface area contributed by atoms with Crippen LogP contribution >= 0.6 is 15.9 Å². The molecule has 1 aromatic carbocycles. The van der Waals surface area contributed by atoms with E-state index in [9.17, 15) is 0 Å². The second-order valence-corrected chi connectivity index (χ2v) is 6.04. The monoisotopic (exact) mass is 306 g/mol. The highest BCUT2D eigenvalue weighted by atomic mass is 79.9. The van der Waals surface area contributed by atoms with Gasteiger partial charge in [0.05, 0.1) is 0 Å². The second-order valence-electron chi connectivity index (χ2n) is 5.19. The molecule has 0 spiro atoms. The number of aromatic nitrogens is 1. The van der Waals surface area contributed by atoms with Crippen molar-refractivity contribution < 1.29 is 0 Å². The van der Waals surface area contributed by atoms with Gasteiger partial charge in [-0.05, 0) is 44.1 Å². The molecule has 3 heteroatoms. The predicted molar refractivity (Wildman–Crippen MR) is 79.7 cm³/mol. The van der Waals surface area contributed by atoms with Crippen molar-refractivity contribution in [2.75, 3.05) is 13.1 Å². The molecule has 0 bridgehead atoms. The maximum atomic E-state index is 3.61. The van der Waals surface area contributed by atoms with Gasteiger partial charge in [-0.1, -0.05) is 34.8 Å². The summed E-state index contributed by atoms with van der Waals surface area (Å²) >= 11 is 3.61. The molecular formula is C15H19BrN2. The van der Waals surface area contributed by atoms with E-state index in [1.165, 1.54) is 59.8 Å². The highest BCUT2D eigenvalue weighted by molar-refractivity contribution is 9.10. The zero-order chi connectivity index (χ0) is 12.4. The van der Waals surface area contributed by atoms with Gasteiger partial charge < -0.3 is 4.98 Å². The first-order chi connectivity index (χ1) is 8.83. The maximum absolute atomic E-state index is 3.61. The first kappa shape index (κ1) is 12.2. The average Bonchev–Trinajstić information content (AvgIpc) is 2.60. The Bertz CT molecular complexity index is 524. The van der Waals surface area contributed by atoms with E-state index in [-0.39, 0.29) is 0 Å². The molecule has 0 atom stereocenters. The van der Waals surface area contributed by atoms with E-state index in [4.69, 9.17) is 0 Å². The van der Waals surface area contributed by atoms with Crippen LogP contribution in [-0.2, 0) is 6.54 Å². The van der Waals surface area contributed by atoms with E-state index in [2.05, 4.69) is 50.1 Å². The van der Waals surface area contributed by atoms with Gasteiger partial charge in [0.1, 0.15) is 0 Å². The minimum absolute atomic E-state index is 1.06. The third kappa shape index (κ3) is 2.62. The van der Waals surface area contributed by atoms with Gasteiger partial charge in [-0.3, -0.25) is 4.90 Å². The molecule has 18 heavy (non-hydrogen) atoms. The van der Waals surface area contributed by atoms with Crippen molar-refractivity contribution in [1.82, 2.24) is 9.88 Å². The first-order valence-corrected chi connectivity index (χ1v) is 7.61. The smallest absolute Gasteiger partial charge is 0.0467 e. The lowest BCUT2D eigenvalue weighted by atomic mass is 10.2. The number of nitrogens with one attached hydrogen (secondary N) is 1. The van der Waals surface area contributed by atoms with Crippen LogP contribution in [0.3, 0.4) is 0 Å². The van der Waals surface area contributed by atoms with Crippen LogP contribution in [0.15, 0.2) is 28.7 Å². The Hall–Kier alpha value is -0.800. The molecular weight excluding hydrogens is 288 g/mol. The number of halogens is 1.